The van der Waals surface area contributed by atoms with Crippen LogP contribution in [-0.2, 0) is 6.54 Å². The van der Waals surface area contributed by atoms with Crippen molar-refractivity contribution in [3.05, 3.63) is 70.3 Å². The zero-order chi connectivity index (χ0) is 18.1. The van der Waals surface area contributed by atoms with E-state index < -0.39 is 0 Å². The highest BCUT2D eigenvalue weighted by Crippen LogP contribution is 2.32. The van der Waals surface area contributed by atoms with E-state index >= 15 is 0 Å². The molecule has 3 heterocycles. The largest absolute Gasteiger partial charge is 0.361 e. The molecule has 0 saturated carbocycles. The summed E-state index contributed by atoms with van der Waals surface area (Å²) in [6.07, 6.45) is 1.70. The Morgan fingerprint density at radius 1 is 1.27 bits per heavy atom. The molecule has 6 nitrogen and oxygen atoms in total. The summed E-state index contributed by atoms with van der Waals surface area (Å²) in [4.78, 5) is 23.6. The van der Waals surface area contributed by atoms with Gasteiger partial charge in [0.05, 0.1) is 22.5 Å². The number of hydrogen-bond donors (Lipinski definition) is 0. The minimum absolute atomic E-state index is 0.249. The van der Waals surface area contributed by atoms with E-state index in [1.54, 1.807) is 24.1 Å². The van der Waals surface area contributed by atoms with Gasteiger partial charge in [0.1, 0.15) is 5.76 Å². The normalized spacial score (nSPS) is 11.0. The highest BCUT2D eigenvalue weighted by molar-refractivity contribution is 9.10. The molecule has 1 amide bonds. The molecule has 3 aromatic heterocycles. The average molecular weight is 429 g/mol. The first-order valence-corrected chi connectivity index (χ1v) is 9.42. The third kappa shape index (κ3) is 3.38. The molecule has 4 aromatic rings. The second kappa shape index (κ2) is 6.97. The molecule has 1 aromatic carbocycles. The minimum Gasteiger partial charge on any atom is -0.361 e. The van der Waals surface area contributed by atoms with Gasteiger partial charge in [0.15, 0.2) is 10.8 Å². The first-order chi connectivity index (χ1) is 12.6. The summed E-state index contributed by atoms with van der Waals surface area (Å²) < 4.78 is 7.02. The zero-order valence-corrected chi connectivity index (χ0v) is 16.1. The van der Waals surface area contributed by atoms with Crippen LogP contribution in [0.3, 0.4) is 0 Å². The Morgan fingerprint density at radius 2 is 2.15 bits per heavy atom. The first kappa shape index (κ1) is 16.9. The number of pyridine rings is 1. The van der Waals surface area contributed by atoms with E-state index in [-0.39, 0.29) is 11.6 Å². The van der Waals surface area contributed by atoms with Gasteiger partial charge in [-0.25, -0.2) is 4.98 Å². The molecule has 4 rings (SSSR count). The van der Waals surface area contributed by atoms with Crippen molar-refractivity contribution in [2.75, 3.05) is 4.90 Å². The molecule has 0 unspecified atom stereocenters. The number of aromatic nitrogens is 3. The van der Waals surface area contributed by atoms with Gasteiger partial charge in [0, 0.05) is 16.7 Å². The first-order valence-electron chi connectivity index (χ1n) is 7.81. The smallest absolute Gasteiger partial charge is 0.282 e. The molecule has 0 atom stereocenters. The van der Waals surface area contributed by atoms with Crippen LogP contribution < -0.4 is 4.90 Å². The fourth-order valence-electron chi connectivity index (χ4n) is 2.49. The molecule has 0 N–H and O–H groups in total. The fourth-order valence-corrected chi connectivity index (χ4v) is 4.00. The average Bonchev–Trinajstić information content (AvgIpc) is 3.25. The van der Waals surface area contributed by atoms with Gasteiger partial charge in [-0.1, -0.05) is 38.5 Å². The second-order valence-corrected chi connectivity index (χ2v) is 7.57. The van der Waals surface area contributed by atoms with Crippen LogP contribution in [0.15, 0.2) is 57.7 Å². The summed E-state index contributed by atoms with van der Waals surface area (Å²) in [7, 11) is 0. The SMILES string of the molecule is Cc1cc(C(=O)N(Cc2ccccn2)c2nc3ccc(Br)cc3s2)no1. The van der Waals surface area contributed by atoms with Gasteiger partial charge in [0.25, 0.3) is 5.91 Å². The summed E-state index contributed by atoms with van der Waals surface area (Å²) in [6, 6.07) is 13.1. The van der Waals surface area contributed by atoms with Crippen LogP contribution in [0.25, 0.3) is 10.2 Å². The molecule has 130 valence electrons. The Hall–Kier alpha value is -2.58. The summed E-state index contributed by atoms with van der Waals surface area (Å²) in [5.41, 5.74) is 1.85. The molecule has 0 saturated heterocycles. The number of nitrogens with zero attached hydrogens (tertiary/aromatic N) is 4. The van der Waals surface area contributed by atoms with E-state index in [0.29, 0.717) is 17.4 Å². The Balaban J connectivity index is 1.76. The van der Waals surface area contributed by atoms with Crippen LogP contribution in [0, 0.1) is 6.92 Å². The highest BCUT2D eigenvalue weighted by Gasteiger charge is 2.24. The number of fused-ring (bicyclic) bond motifs is 1. The molecule has 8 heteroatoms. The van der Waals surface area contributed by atoms with Crippen LogP contribution in [0.5, 0.6) is 0 Å². The number of carbonyl (C=O) groups excluding carboxylic acids is 1. The van der Waals surface area contributed by atoms with Gasteiger partial charge in [-0.2, -0.15) is 0 Å². The number of aryl methyl sites for hydroxylation is 1. The Labute approximate surface area is 161 Å². The standard InChI is InChI=1S/C18H13BrN4O2S/c1-11-8-15(22-25-11)17(24)23(10-13-4-2-3-7-20-13)18-21-14-6-5-12(19)9-16(14)26-18/h2-9H,10H2,1H3. The molecule has 26 heavy (non-hydrogen) atoms. The van der Waals surface area contributed by atoms with E-state index in [0.717, 1.165) is 20.4 Å². The number of benzene rings is 1. The lowest BCUT2D eigenvalue weighted by atomic mass is 10.3. The molecule has 0 bridgehead atoms. The van der Waals surface area contributed by atoms with E-state index in [2.05, 4.69) is 31.1 Å². The van der Waals surface area contributed by atoms with E-state index in [1.807, 2.05) is 36.4 Å². The van der Waals surface area contributed by atoms with Crippen molar-refractivity contribution < 1.29 is 9.32 Å². The van der Waals surface area contributed by atoms with Crippen molar-refractivity contribution in [2.45, 2.75) is 13.5 Å². The Bertz CT molecular complexity index is 1080. The van der Waals surface area contributed by atoms with Crippen LogP contribution in [0.1, 0.15) is 21.9 Å². The van der Waals surface area contributed by atoms with E-state index in [9.17, 15) is 4.79 Å². The van der Waals surface area contributed by atoms with Crippen LogP contribution in [0.2, 0.25) is 0 Å². The van der Waals surface area contributed by atoms with Crippen molar-refractivity contribution in [1.29, 1.82) is 0 Å². The maximum Gasteiger partial charge on any atom is 0.282 e. The fraction of sp³-hybridized carbons (Fsp3) is 0.111. The second-order valence-electron chi connectivity index (χ2n) is 5.64. The molecule has 0 aliphatic carbocycles. The molecular formula is C18H13BrN4O2S. The number of carbonyl (C=O) groups is 1. The van der Waals surface area contributed by atoms with Crippen molar-refractivity contribution in [3.8, 4) is 0 Å². The number of rotatable bonds is 4. The summed E-state index contributed by atoms with van der Waals surface area (Å²) in [5.74, 6) is 0.310. The maximum absolute atomic E-state index is 13.0. The van der Waals surface area contributed by atoms with Crippen LogP contribution in [0.4, 0.5) is 5.13 Å². The van der Waals surface area contributed by atoms with Crippen LogP contribution >= 0.6 is 27.3 Å². The van der Waals surface area contributed by atoms with Gasteiger partial charge >= 0.3 is 0 Å². The van der Waals surface area contributed by atoms with Crippen molar-refractivity contribution in [3.63, 3.8) is 0 Å². The number of thiazole rings is 1. The van der Waals surface area contributed by atoms with Crippen molar-refractivity contribution in [2.24, 2.45) is 0 Å². The predicted molar refractivity (Wildman–Crippen MR) is 103 cm³/mol. The number of halogens is 1. The topological polar surface area (TPSA) is 72.1 Å². The molecule has 0 radical (unpaired) electrons. The summed E-state index contributed by atoms with van der Waals surface area (Å²) in [5, 5.41) is 4.45. The Morgan fingerprint density at radius 3 is 2.88 bits per heavy atom. The van der Waals surface area contributed by atoms with Crippen molar-refractivity contribution >= 4 is 48.5 Å². The lowest BCUT2D eigenvalue weighted by Crippen LogP contribution is -2.31. The predicted octanol–water partition coefficient (Wildman–Crippen LogP) is 4.60. The van der Waals surface area contributed by atoms with Crippen molar-refractivity contribution in [1.82, 2.24) is 15.1 Å². The monoisotopic (exact) mass is 428 g/mol. The number of hydrogen-bond acceptors (Lipinski definition) is 6. The zero-order valence-electron chi connectivity index (χ0n) is 13.7. The van der Waals surface area contributed by atoms with Gasteiger partial charge < -0.3 is 4.52 Å². The molecule has 0 aliphatic heterocycles. The van der Waals surface area contributed by atoms with Gasteiger partial charge in [-0.05, 0) is 37.3 Å². The summed E-state index contributed by atoms with van der Waals surface area (Å²) in [6.45, 7) is 2.05. The summed E-state index contributed by atoms with van der Waals surface area (Å²) >= 11 is 4.91. The van der Waals surface area contributed by atoms with E-state index in [4.69, 9.17) is 4.52 Å². The number of anilines is 1. The third-order valence-corrected chi connectivity index (χ3v) is 5.24. The molecule has 0 fully saturated rings. The van der Waals surface area contributed by atoms with E-state index in [1.165, 1.54) is 11.3 Å². The number of amides is 1. The quantitative estimate of drug-likeness (QED) is 0.474. The highest BCUT2D eigenvalue weighted by atomic mass is 79.9. The van der Waals surface area contributed by atoms with Crippen LogP contribution in [-0.4, -0.2) is 21.0 Å². The third-order valence-electron chi connectivity index (χ3n) is 3.71. The molecule has 0 spiro atoms. The minimum atomic E-state index is -0.273. The molecular weight excluding hydrogens is 416 g/mol. The van der Waals surface area contributed by atoms with Gasteiger partial charge in [-0.3, -0.25) is 14.7 Å². The molecule has 0 aliphatic rings. The lowest BCUT2D eigenvalue weighted by molar-refractivity contribution is 0.0976. The van der Waals surface area contributed by atoms with Gasteiger partial charge in [-0.15, -0.1) is 0 Å². The Kier molecular flexibility index (Phi) is 4.52. The van der Waals surface area contributed by atoms with Gasteiger partial charge in [0.2, 0.25) is 0 Å². The lowest BCUT2D eigenvalue weighted by Gasteiger charge is -2.18. The maximum atomic E-state index is 13.0.